The van der Waals surface area contributed by atoms with Crippen molar-refractivity contribution in [1.29, 1.82) is 0 Å². The molecule has 0 bridgehead atoms. The first-order valence-corrected chi connectivity index (χ1v) is 9.75. The number of aliphatic hydroxyl groups excluding tert-OH is 1. The van der Waals surface area contributed by atoms with Gasteiger partial charge in [-0.25, -0.2) is 0 Å². The lowest BCUT2D eigenvalue weighted by molar-refractivity contribution is -0.195. The van der Waals surface area contributed by atoms with Crippen LogP contribution in [0.15, 0.2) is 0 Å². The number of unbranched alkanes of at least 4 members (excludes halogenated alkanes) is 7. The van der Waals surface area contributed by atoms with E-state index in [2.05, 4.69) is 6.92 Å². The van der Waals surface area contributed by atoms with E-state index in [0.29, 0.717) is 6.61 Å². The highest BCUT2D eigenvalue weighted by atomic mass is 16.7. The summed E-state index contributed by atoms with van der Waals surface area (Å²) in [7, 11) is 0. The van der Waals surface area contributed by atoms with E-state index in [-0.39, 0.29) is 18.0 Å². The lowest BCUT2D eigenvalue weighted by atomic mass is 9.94. The Morgan fingerprint density at radius 2 is 1.59 bits per heavy atom. The van der Waals surface area contributed by atoms with Crippen LogP contribution in [0.2, 0.25) is 0 Å². The van der Waals surface area contributed by atoms with E-state index in [9.17, 15) is 5.11 Å². The van der Waals surface area contributed by atoms with Gasteiger partial charge in [0, 0.05) is 12.8 Å². The molecule has 130 valence electrons. The molecule has 1 aliphatic carbocycles. The molecule has 0 aromatic rings. The number of aliphatic hydroxyl groups is 1. The van der Waals surface area contributed by atoms with Gasteiger partial charge in [0.25, 0.3) is 0 Å². The van der Waals surface area contributed by atoms with Gasteiger partial charge in [0.05, 0.1) is 12.7 Å². The zero-order valence-corrected chi connectivity index (χ0v) is 14.5. The van der Waals surface area contributed by atoms with Crippen LogP contribution in [-0.2, 0) is 9.47 Å². The lowest BCUT2D eigenvalue weighted by Gasteiger charge is -2.32. The number of hydrogen-bond acceptors (Lipinski definition) is 3. The predicted molar refractivity (Wildman–Crippen MR) is 89.9 cm³/mol. The quantitative estimate of drug-likeness (QED) is 0.580. The first kappa shape index (κ1) is 18.2. The molecule has 0 unspecified atom stereocenters. The molecule has 22 heavy (non-hydrogen) atoms. The Morgan fingerprint density at radius 3 is 2.27 bits per heavy atom. The van der Waals surface area contributed by atoms with Gasteiger partial charge in [0.1, 0.15) is 6.10 Å². The van der Waals surface area contributed by atoms with Crippen molar-refractivity contribution in [3.05, 3.63) is 0 Å². The third-order valence-corrected chi connectivity index (χ3v) is 5.27. The Labute approximate surface area is 136 Å². The average molecular weight is 312 g/mol. The number of ether oxygens (including phenoxy) is 2. The molecule has 1 saturated heterocycles. The second-order valence-electron chi connectivity index (χ2n) is 7.27. The van der Waals surface area contributed by atoms with Gasteiger partial charge in [-0.2, -0.15) is 0 Å². The van der Waals surface area contributed by atoms with Gasteiger partial charge in [0.2, 0.25) is 0 Å². The lowest BCUT2D eigenvalue weighted by Crippen LogP contribution is -2.36. The first-order valence-electron chi connectivity index (χ1n) is 9.75. The van der Waals surface area contributed by atoms with Crippen LogP contribution >= 0.6 is 0 Å². The molecule has 3 heteroatoms. The van der Waals surface area contributed by atoms with E-state index in [4.69, 9.17) is 9.47 Å². The van der Waals surface area contributed by atoms with E-state index in [1.165, 1.54) is 64.2 Å². The minimum atomic E-state index is -0.346. The summed E-state index contributed by atoms with van der Waals surface area (Å²) in [4.78, 5) is 0. The van der Waals surface area contributed by atoms with Crippen molar-refractivity contribution in [3.8, 4) is 0 Å². The van der Waals surface area contributed by atoms with E-state index in [1.54, 1.807) is 0 Å². The third-order valence-electron chi connectivity index (χ3n) is 5.27. The smallest absolute Gasteiger partial charge is 0.169 e. The fraction of sp³-hybridized carbons (Fsp3) is 1.00. The summed E-state index contributed by atoms with van der Waals surface area (Å²) in [6.45, 7) is 2.84. The molecule has 0 aromatic heterocycles. The third kappa shape index (κ3) is 5.82. The number of rotatable bonds is 10. The second kappa shape index (κ2) is 9.89. The summed E-state index contributed by atoms with van der Waals surface area (Å²) in [6.07, 6.45) is 16.6. The molecule has 2 atom stereocenters. The van der Waals surface area contributed by atoms with Crippen molar-refractivity contribution in [1.82, 2.24) is 0 Å². The van der Waals surface area contributed by atoms with E-state index >= 15 is 0 Å². The van der Waals surface area contributed by atoms with Crippen molar-refractivity contribution in [3.63, 3.8) is 0 Å². The van der Waals surface area contributed by atoms with Crippen LogP contribution in [0.1, 0.15) is 96.8 Å². The molecule has 3 nitrogen and oxygen atoms in total. The Kier molecular flexibility index (Phi) is 8.19. The second-order valence-corrected chi connectivity index (χ2v) is 7.27. The van der Waals surface area contributed by atoms with Crippen molar-refractivity contribution in [2.75, 3.05) is 6.61 Å². The van der Waals surface area contributed by atoms with Gasteiger partial charge < -0.3 is 14.6 Å². The molecule has 0 aromatic carbocycles. The predicted octanol–water partition coefficient (Wildman–Crippen LogP) is 4.95. The molecule has 2 aliphatic rings. The molecule has 0 amide bonds. The molecule has 1 aliphatic heterocycles. The maximum atomic E-state index is 10.3. The maximum Gasteiger partial charge on any atom is 0.169 e. The number of hydrogen-bond donors (Lipinski definition) is 1. The zero-order chi connectivity index (χ0) is 15.7. The van der Waals surface area contributed by atoms with Gasteiger partial charge in [-0.15, -0.1) is 0 Å². The van der Waals surface area contributed by atoms with E-state index in [1.807, 2.05) is 0 Å². The van der Waals surface area contributed by atoms with Crippen molar-refractivity contribution >= 4 is 0 Å². The summed E-state index contributed by atoms with van der Waals surface area (Å²) >= 11 is 0. The normalized spacial score (nSPS) is 25.6. The summed E-state index contributed by atoms with van der Waals surface area (Å²) in [5.41, 5.74) is 0. The Morgan fingerprint density at radius 1 is 0.955 bits per heavy atom. The summed E-state index contributed by atoms with van der Waals surface area (Å²) < 4.78 is 12.0. The zero-order valence-electron chi connectivity index (χ0n) is 14.5. The molecular formula is C19H36O3. The Balaban J connectivity index is 1.52. The van der Waals surface area contributed by atoms with Crippen molar-refractivity contribution < 1.29 is 14.6 Å². The largest absolute Gasteiger partial charge is 0.390 e. The van der Waals surface area contributed by atoms with Gasteiger partial charge in [-0.3, -0.25) is 0 Å². The summed E-state index contributed by atoms with van der Waals surface area (Å²) in [5, 5.41) is 10.3. The van der Waals surface area contributed by atoms with Crippen LogP contribution in [0.3, 0.4) is 0 Å². The maximum absolute atomic E-state index is 10.3. The fourth-order valence-corrected chi connectivity index (χ4v) is 3.79. The molecule has 1 N–H and O–H groups in total. The van der Waals surface area contributed by atoms with Crippen LogP contribution in [0.25, 0.3) is 0 Å². The van der Waals surface area contributed by atoms with Crippen LogP contribution in [-0.4, -0.2) is 29.7 Å². The molecule has 0 radical (unpaired) electrons. The monoisotopic (exact) mass is 312 g/mol. The van der Waals surface area contributed by atoms with Crippen molar-refractivity contribution in [2.24, 2.45) is 0 Å². The van der Waals surface area contributed by atoms with Crippen LogP contribution in [0, 0.1) is 0 Å². The van der Waals surface area contributed by atoms with Crippen LogP contribution in [0.4, 0.5) is 0 Å². The molecule has 2 fully saturated rings. The first-order chi connectivity index (χ1) is 10.8. The SMILES string of the molecule is CCCCCCCCCC[C@@H](O)[C@H]1COC2(CCCCC2)O1. The van der Waals surface area contributed by atoms with Gasteiger partial charge in [0.15, 0.2) is 5.79 Å². The molecule has 1 saturated carbocycles. The van der Waals surface area contributed by atoms with Gasteiger partial charge >= 0.3 is 0 Å². The Bertz CT molecular complexity index is 286. The minimum Gasteiger partial charge on any atom is -0.390 e. The molecule has 1 spiro atoms. The van der Waals surface area contributed by atoms with Gasteiger partial charge in [-0.1, -0.05) is 64.7 Å². The highest BCUT2D eigenvalue weighted by molar-refractivity contribution is 4.85. The minimum absolute atomic E-state index is 0.0948. The van der Waals surface area contributed by atoms with E-state index in [0.717, 1.165) is 25.7 Å². The molecule has 1 heterocycles. The highest BCUT2D eigenvalue weighted by Gasteiger charge is 2.44. The van der Waals surface area contributed by atoms with E-state index < -0.39 is 0 Å². The van der Waals surface area contributed by atoms with Crippen molar-refractivity contribution in [2.45, 2.75) is 115 Å². The highest BCUT2D eigenvalue weighted by Crippen LogP contribution is 2.38. The molecule has 2 rings (SSSR count). The topological polar surface area (TPSA) is 38.7 Å². The van der Waals surface area contributed by atoms with Crippen LogP contribution in [0.5, 0.6) is 0 Å². The summed E-state index contributed by atoms with van der Waals surface area (Å²) in [6, 6.07) is 0. The fourth-order valence-electron chi connectivity index (χ4n) is 3.79. The summed E-state index contributed by atoms with van der Waals surface area (Å²) in [5.74, 6) is -0.344. The van der Waals surface area contributed by atoms with Gasteiger partial charge in [-0.05, 0) is 19.3 Å². The standard InChI is InChI=1S/C19H36O3/c1-2-3-4-5-6-7-8-10-13-17(20)18-16-21-19(22-18)14-11-9-12-15-19/h17-18,20H,2-16H2,1H3/t17-,18-/m1/s1. The average Bonchev–Trinajstić information content (AvgIpc) is 2.94. The Hall–Kier alpha value is -0.120. The molecular weight excluding hydrogens is 276 g/mol. The van der Waals surface area contributed by atoms with Crippen LogP contribution < -0.4 is 0 Å².